The van der Waals surface area contributed by atoms with Gasteiger partial charge in [0.15, 0.2) is 0 Å². The molecule has 1 fully saturated rings. The van der Waals surface area contributed by atoms with Crippen LogP contribution in [0.15, 0.2) is 11.3 Å². The van der Waals surface area contributed by atoms with Crippen LogP contribution in [0.25, 0.3) is 0 Å². The predicted molar refractivity (Wildman–Crippen MR) is 48.2 cm³/mol. The molecular weight excluding hydrogens is 518 g/mol. The van der Waals surface area contributed by atoms with Crippen LogP contribution in [0.5, 0.6) is 0 Å². The molecule has 0 aliphatic carbocycles. The molecule has 0 unspecified atom stereocenters. The van der Waals surface area contributed by atoms with Gasteiger partial charge in [0.25, 0.3) is 0 Å². The number of Topliss-reactive ketones (excluding diaryl/α,β-unsaturated/α-hetero) is 1. The van der Waals surface area contributed by atoms with Gasteiger partial charge in [0, 0.05) is 0 Å². The van der Waals surface area contributed by atoms with E-state index in [1.165, 1.54) is 48.4 Å². The molecule has 2 nitrogen and oxygen atoms in total. The van der Waals surface area contributed by atoms with E-state index in [-0.39, 0.29) is 0 Å². The van der Waals surface area contributed by atoms with Crippen molar-refractivity contribution in [2.24, 2.45) is 5.92 Å². The van der Waals surface area contributed by atoms with Crippen molar-refractivity contribution in [3.63, 3.8) is 0 Å². The van der Waals surface area contributed by atoms with Gasteiger partial charge < -0.3 is 0 Å². The minimum absolute atomic E-state index is 0.325. The maximum atomic E-state index is 12.1. The summed E-state index contributed by atoms with van der Waals surface area (Å²) in [6, 6.07) is 0. The summed E-state index contributed by atoms with van der Waals surface area (Å²) in [6.07, 6.45) is 1.10. The molecule has 0 radical (unpaired) electrons. The number of allylic oxidation sites excluding steroid dienone is 1. The zero-order chi connectivity index (χ0) is 10.5. The first kappa shape index (κ1) is 10.8. The summed E-state index contributed by atoms with van der Waals surface area (Å²) in [5, 5.41) is 0. The molecule has 0 saturated carbocycles. The Hall–Kier alpha value is 0.327. The van der Waals surface area contributed by atoms with Gasteiger partial charge in [-0.25, -0.2) is 0 Å². The second-order valence-electron chi connectivity index (χ2n) is 3.88. The van der Waals surface area contributed by atoms with Crippen LogP contribution in [0.2, 0.25) is 0 Å². The van der Waals surface area contributed by atoms with Gasteiger partial charge >= 0.3 is 106 Å². The van der Waals surface area contributed by atoms with E-state index in [0.717, 1.165) is 22.4 Å². The van der Waals surface area contributed by atoms with Crippen molar-refractivity contribution in [1.29, 1.82) is 0 Å². The molecule has 0 aromatic rings. The molecule has 0 amide bonds. The van der Waals surface area contributed by atoms with Crippen molar-refractivity contribution in [1.82, 2.24) is 4.90 Å². The Labute approximate surface area is 106 Å². The topological polar surface area (TPSA) is 20.3 Å². The second-order valence-corrected chi connectivity index (χ2v) is 6.74. The SMILES string of the molecule is CC(C)C1=C2CCN2[C](=[W])[C](=[W])C1=O. The predicted octanol–water partition coefficient (Wildman–Crippen LogP) is 0.581. The molecule has 0 bridgehead atoms. The summed E-state index contributed by atoms with van der Waals surface area (Å²) in [7, 11) is 0. The van der Waals surface area contributed by atoms with Crippen molar-refractivity contribution in [2.75, 3.05) is 6.54 Å². The van der Waals surface area contributed by atoms with Crippen molar-refractivity contribution >= 4 is 13.7 Å². The molecule has 2 aliphatic rings. The van der Waals surface area contributed by atoms with E-state index in [1.807, 2.05) is 0 Å². The quantitative estimate of drug-likeness (QED) is 0.496. The summed E-state index contributed by atoms with van der Waals surface area (Å²) >= 11 is 2.75. The van der Waals surface area contributed by atoms with Gasteiger partial charge in [0.05, 0.1) is 0 Å². The summed E-state index contributed by atoms with van der Waals surface area (Å²) < 4.78 is 2.32. The van der Waals surface area contributed by atoms with Crippen molar-refractivity contribution < 1.29 is 43.5 Å². The normalized spacial score (nSPS) is 21.6. The van der Waals surface area contributed by atoms with Crippen LogP contribution >= 0.6 is 0 Å². The summed E-state index contributed by atoms with van der Waals surface area (Å²) in [4.78, 5) is 14.4. The standard InChI is InChI=1S/C10H11NO.2W/c1-7(2)10-8-3-5-11(8)6-4-9(10)12;;/h7H,3,5H2,1-2H3;;. The van der Waals surface area contributed by atoms with E-state index >= 15 is 0 Å². The van der Waals surface area contributed by atoms with Gasteiger partial charge in [-0.3, -0.25) is 0 Å². The molecule has 14 heavy (non-hydrogen) atoms. The number of carbonyl (C=O) groups is 1. The fraction of sp³-hybridized carbons (Fsp3) is 0.500. The number of carbonyl (C=O) groups excluding carboxylic acids is 1. The summed E-state index contributed by atoms with van der Waals surface area (Å²) in [6.45, 7) is 5.36. The average molecular weight is 529 g/mol. The Bertz CT molecular complexity index is 382. The molecule has 0 aromatic heterocycles. The molecule has 2 rings (SSSR count). The van der Waals surface area contributed by atoms with Crippen molar-refractivity contribution in [3.05, 3.63) is 11.3 Å². The van der Waals surface area contributed by atoms with Crippen LogP contribution in [0.3, 0.4) is 0 Å². The number of nitrogens with zero attached hydrogens (tertiary/aromatic N) is 1. The maximum absolute atomic E-state index is 12.1. The average Bonchev–Trinajstić information content (AvgIpc) is 2.07. The number of hydrogen-bond donors (Lipinski definition) is 0. The zero-order valence-corrected chi connectivity index (χ0v) is 14.0. The molecule has 74 valence electrons. The second kappa shape index (κ2) is 3.72. The van der Waals surface area contributed by atoms with Gasteiger partial charge in [-0.05, 0) is 0 Å². The summed E-state index contributed by atoms with van der Waals surface area (Å²) in [5.74, 6) is 0.698. The van der Waals surface area contributed by atoms with Gasteiger partial charge in [0.2, 0.25) is 0 Å². The minimum atomic E-state index is 0.325. The molecule has 0 atom stereocenters. The fourth-order valence-corrected chi connectivity index (χ4v) is 3.76. The third-order valence-electron chi connectivity index (χ3n) is 2.68. The monoisotopic (exact) mass is 529 g/mol. The van der Waals surface area contributed by atoms with E-state index in [4.69, 9.17) is 0 Å². The zero-order valence-electron chi connectivity index (χ0n) is 8.16. The first-order valence-electron chi connectivity index (χ1n) is 4.67. The van der Waals surface area contributed by atoms with E-state index in [0.29, 0.717) is 11.7 Å². The Morgan fingerprint density at radius 1 is 1.36 bits per heavy atom. The van der Waals surface area contributed by atoms with E-state index < -0.39 is 0 Å². The van der Waals surface area contributed by atoms with Crippen molar-refractivity contribution in [3.8, 4) is 0 Å². The van der Waals surface area contributed by atoms with Gasteiger partial charge in [-0.1, -0.05) is 0 Å². The number of hydrogen-bond acceptors (Lipinski definition) is 2. The van der Waals surface area contributed by atoms with Crippen LogP contribution in [-0.4, -0.2) is 25.1 Å². The third-order valence-corrected chi connectivity index (χ3v) is 7.58. The first-order chi connectivity index (χ1) is 6.54. The third kappa shape index (κ3) is 1.42. The number of fused-ring (bicyclic) bond motifs is 1. The Morgan fingerprint density at radius 3 is 2.43 bits per heavy atom. The fourth-order valence-electron chi connectivity index (χ4n) is 1.91. The Kier molecular flexibility index (Phi) is 2.88. The van der Waals surface area contributed by atoms with E-state index in [2.05, 4.69) is 18.7 Å². The van der Waals surface area contributed by atoms with Crippen LogP contribution < -0.4 is 0 Å². The number of ketones is 1. The van der Waals surface area contributed by atoms with Gasteiger partial charge in [-0.15, -0.1) is 0 Å². The molecular formula is C10H11NOW2. The molecule has 0 spiro atoms. The number of rotatable bonds is 1. The van der Waals surface area contributed by atoms with E-state index in [9.17, 15) is 4.79 Å². The van der Waals surface area contributed by atoms with Crippen LogP contribution in [-0.2, 0) is 43.5 Å². The van der Waals surface area contributed by atoms with Crippen LogP contribution in [0.1, 0.15) is 20.3 Å². The molecule has 0 N–H and O–H groups in total. The molecule has 4 heteroatoms. The van der Waals surface area contributed by atoms with E-state index in [1.54, 1.807) is 0 Å². The molecule has 1 saturated heterocycles. The van der Waals surface area contributed by atoms with Crippen LogP contribution in [0.4, 0.5) is 0 Å². The van der Waals surface area contributed by atoms with Gasteiger partial charge in [-0.2, -0.15) is 0 Å². The first-order valence-corrected chi connectivity index (χ1v) is 7.61. The van der Waals surface area contributed by atoms with Crippen LogP contribution in [0, 0.1) is 5.92 Å². The Morgan fingerprint density at radius 2 is 2.00 bits per heavy atom. The van der Waals surface area contributed by atoms with Gasteiger partial charge in [0.1, 0.15) is 0 Å². The molecule has 2 aliphatic heterocycles. The Balaban J connectivity index is 2.51. The summed E-state index contributed by atoms with van der Waals surface area (Å²) in [5.41, 5.74) is 2.38. The van der Waals surface area contributed by atoms with Crippen molar-refractivity contribution in [2.45, 2.75) is 20.3 Å². The molecule has 2 heterocycles. The molecule has 0 aromatic carbocycles.